The average molecular weight is 172 g/mol. The van der Waals surface area contributed by atoms with Gasteiger partial charge in [-0.25, -0.2) is 0 Å². The van der Waals surface area contributed by atoms with Crippen LogP contribution in [0.15, 0.2) is 18.7 Å². The maximum absolute atomic E-state index is 5.75. The molecule has 0 fully saturated rings. The zero-order valence-corrected chi connectivity index (χ0v) is 6.71. The van der Waals surface area contributed by atoms with E-state index in [1.165, 1.54) is 0 Å². The van der Waals surface area contributed by atoms with Gasteiger partial charge in [-0.2, -0.15) is 0 Å². The summed E-state index contributed by atoms with van der Waals surface area (Å²) in [6, 6.07) is 6.21. The standard InChI is InChI=1S/C8H5Cl2/c1-2-6-7(9)4-3-5-8(6)10/h2-4H,1H2. The van der Waals surface area contributed by atoms with Crippen LogP contribution >= 0.6 is 23.2 Å². The van der Waals surface area contributed by atoms with E-state index in [0.29, 0.717) is 10.0 Å². The van der Waals surface area contributed by atoms with Crippen molar-refractivity contribution in [3.63, 3.8) is 0 Å². The van der Waals surface area contributed by atoms with Crippen molar-refractivity contribution in [2.75, 3.05) is 0 Å². The molecular formula is C8H5Cl2. The van der Waals surface area contributed by atoms with Gasteiger partial charge in [0.25, 0.3) is 0 Å². The average Bonchev–Trinajstić information content (AvgIpc) is 1.88. The first-order valence-electron chi connectivity index (χ1n) is 2.74. The summed E-state index contributed by atoms with van der Waals surface area (Å²) in [7, 11) is 0. The second-order valence-electron chi connectivity index (χ2n) is 1.76. The maximum atomic E-state index is 5.75. The van der Waals surface area contributed by atoms with Crippen molar-refractivity contribution in [3.05, 3.63) is 40.4 Å². The van der Waals surface area contributed by atoms with Crippen molar-refractivity contribution in [2.45, 2.75) is 0 Å². The molecule has 1 rings (SSSR count). The highest BCUT2D eigenvalue weighted by molar-refractivity contribution is 6.36. The maximum Gasteiger partial charge on any atom is 0.0572 e. The molecule has 0 amide bonds. The van der Waals surface area contributed by atoms with Gasteiger partial charge >= 0.3 is 0 Å². The first kappa shape index (κ1) is 7.64. The van der Waals surface area contributed by atoms with Crippen LogP contribution in [-0.4, -0.2) is 0 Å². The highest BCUT2D eigenvalue weighted by atomic mass is 35.5. The first-order chi connectivity index (χ1) is 4.75. The molecule has 0 aliphatic heterocycles. The summed E-state index contributed by atoms with van der Waals surface area (Å²) < 4.78 is 0. The lowest BCUT2D eigenvalue weighted by Gasteiger charge is -1.97. The number of hydrogen-bond donors (Lipinski definition) is 0. The zero-order chi connectivity index (χ0) is 7.56. The van der Waals surface area contributed by atoms with Gasteiger partial charge in [-0.05, 0) is 6.07 Å². The van der Waals surface area contributed by atoms with Gasteiger partial charge in [0.15, 0.2) is 0 Å². The molecule has 51 valence electrons. The minimum Gasteiger partial charge on any atom is -0.0984 e. The summed E-state index contributed by atoms with van der Waals surface area (Å²) in [5, 5.41) is 1.13. The second kappa shape index (κ2) is 3.09. The summed E-state index contributed by atoms with van der Waals surface area (Å²) in [4.78, 5) is 0. The van der Waals surface area contributed by atoms with Crippen molar-refractivity contribution < 1.29 is 0 Å². The lowest BCUT2D eigenvalue weighted by Crippen LogP contribution is -1.75. The number of halogens is 2. The van der Waals surface area contributed by atoms with Gasteiger partial charge < -0.3 is 0 Å². The van der Waals surface area contributed by atoms with Crippen molar-refractivity contribution in [3.8, 4) is 0 Å². The Kier molecular flexibility index (Phi) is 2.36. The molecule has 0 aliphatic rings. The lowest BCUT2D eigenvalue weighted by atomic mass is 10.2. The topological polar surface area (TPSA) is 0 Å². The summed E-state index contributed by atoms with van der Waals surface area (Å²) in [5.74, 6) is 0. The highest BCUT2D eigenvalue weighted by Gasteiger charge is 1.98. The molecule has 10 heavy (non-hydrogen) atoms. The third kappa shape index (κ3) is 1.34. The first-order valence-corrected chi connectivity index (χ1v) is 3.49. The van der Waals surface area contributed by atoms with E-state index in [1.54, 1.807) is 18.2 Å². The molecule has 2 heteroatoms. The van der Waals surface area contributed by atoms with Gasteiger partial charge in [0.05, 0.1) is 5.02 Å². The Morgan fingerprint density at radius 3 is 2.60 bits per heavy atom. The van der Waals surface area contributed by atoms with E-state index >= 15 is 0 Å². The van der Waals surface area contributed by atoms with E-state index in [1.807, 2.05) is 0 Å². The third-order valence-corrected chi connectivity index (χ3v) is 1.78. The van der Waals surface area contributed by atoms with Gasteiger partial charge in [0.1, 0.15) is 0 Å². The molecule has 0 aromatic heterocycles. The Bertz CT molecular complexity index is 233. The minimum atomic E-state index is 0.516. The van der Waals surface area contributed by atoms with Gasteiger partial charge in [0, 0.05) is 16.7 Å². The molecule has 0 unspecified atom stereocenters. The molecule has 0 saturated heterocycles. The molecule has 0 N–H and O–H groups in total. The summed E-state index contributed by atoms with van der Waals surface area (Å²) in [6.07, 6.45) is 1.61. The third-order valence-electron chi connectivity index (χ3n) is 1.14. The van der Waals surface area contributed by atoms with Crippen molar-refractivity contribution in [1.29, 1.82) is 0 Å². The largest absolute Gasteiger partial charge is 0.0984 e. The SMILES string of the molecule is C=Cc1c(Cl)[c]ccc1Cl. The summed E-state index contributed by atoms with van der Waals surface area (Å²) in [6.45, 7) is 3.56. The van der Waals surface area contributed by atoms with Crippen molar-refractivity contribution >= 4 is 29.3 Å². The van der Waals surface area contributed by atoms with Crippen LogP contribution in [0.4, 0.5) is 0 Å². The van der Waals surface area contributed by atoms with E-state index in [0.717, 1.165) is 5.56 Å². The normalized spacial score (nSPS) is 9.40. The van der Waals surface area contributed by atoms with Crippen molar-refractivity contribution in [2.24, 2.45) is 0 Å². The van der Waals surface area contributed by atoms with Gasteiger partial charge in [-0.1, -0.05) is 41.9 Å². The minimum absolute atomic E-state index is 0.516. The Morgan fingerprint density at radius 2 is 2.20 bits per heavy atom. The Morgan fingerprint density at radius 1 is 1.50 bits per heavy atom. The predicted molar refractivity (Wildman–Crippen MR) is 45.4 cm³/mol. The summed E-state index contributed by atoms with van der Waals surface area (Å²) >= 11 is 11.5. The number of hydrogen-bond acceptors (Lipinski definition) is 0. The molecular weight excluding hydrogens is 167 g/mol. The van der Waals surface area contributed by atoms with Crippen LogP contribution < -0.4 is 0 Å². The zero-order valence-electron chi connectivity index (χ0n) is 5.20. The molecule has 0 aliphatic carbocycles. The Labute approximate surface area is 70.1 Å². The fourth-order valence-electron chi connectivity index (χ4n) is 0.647. The molecule has 0 nitrogen and oxygen atoms in total. The number of benzene rings is 1. The van der Waals surface area contributed by atoms with Crippen molar-refractivity contribution in [1.82, 2.24) is 0 Å². The number of rotatable bonds is 1. The monoisotopic (exact) mass is 171 g/mol. The van der Waals surface area contributed by atoms with Crippen LogP contribution in [0.1, 0.15) is 5.56 Å². The molecule has 1 aromatic carbocycles. The highest BCUT2D eigenvalue weighted by Crippen LogP contribution is 2.24. The molecule has 1 aromatic rings. The van der Waals surface area contributed by atoms with Gasteiger partial charge in [0.2, 0.25) is 0 Å². The van der Waals surface area contributed by atoms with Crippen LogP contribution in [0.25, 0.3) is 6.08 Å². The van der Waals surface area contributed by atoms with Crippen LogP contribution in [0.2, 0.25) is 10.0 Å². The van der Waals surface area contributed by atoms with Crippen LogP contribution in [-0.2, 0) is 0 Å². The van der Waals surface area contributed by atoms with Gasteiger partial charge in [-0.15, -0.1) is 0 Å². The Hall–Kier alpha value is -0.460. The van der Waals surface area contributed by atoms with Crippen LogP contribution in [0.5, 0.6) is 0 Å². The molecule has 0 bridgehead atoms. The van der Waals surface area contributed by atoms with E-state index in [4.69, 9.17) is 23.2 Å². The molecule has 0 saturated carbocycles. The molecule has 0 atom stereocenters. The van der Waals surface area contributed by atoms with Gasteiger partial charge in [-0.3, -0.25) is 0 Å². The van der Waals surface area contributed by atoms with E-state index < -0.39 is 0 Å². The van der Waals surface area contributed by atoms with Crippen LogP contribution in [0.3, 0.4) is 0 Å². The van der Waals surface area contributed by atoms with E-state index in [2.05, 4.69) is 12.6 Å². The second-order valence-corrected chi connectivity index (χ2v) is 2.54. The van der Waals surface area contributed by atoms with E-state index in [-0.39, 0.29) is 0 Å². The fourth-order valence-corrected chi connectivity index (χ4v) is 1.17. The molecule has 0 spiro atoms. The predicted octanol–water partition coefficient (Wildman–Crippen LogP) is 3.44. The van der Waals surface area contributed by atoms with Crippen LogP contribution in [0, 0.1) is 6.07 Å². The quantitative estimate of drug-likeness (QED) is 0.608. The summed E-state index contributed by atoms with van der Waals surface area (Å²) in [5.41, 5.74) is 0.742. The molecule has 1 radical (unpaired) electrons. The Balaban J connectivity index is 3.30. The fraction of sp³-hybridized carbons (Fsp3) is 0. The smallest absolute Gasteiger partial charge is 0.0572 e. The lowest BCUT2D eigenvalue weighted by molar-refractivity contribution is 1.64. The molecule has 0 heterocycles. The van der Waals surface area contributed by atoms with E-state index in [9.17, 15) is 0 Å².